The SMILES string of the molecule is Cc1cc2cc(Cc3ccc(F)cc3)cc(C3CCC(F)(F)CC3)c2o1. The Morgan fingerprint density at radius 2 is 1.69 bits per heavy atom. The van der Waals surface area contributed by atoms with Crippen LogP contribution in [0.15, 0.2) is 46.9 Å². The van der Waals surface area contributed by atoms with E-state index in [0.29, 0.717) is 19.3 Å². The van der Waals surface area contributed by atoms with E-state index in [0.717, 1.165) is 33.4 Å². The van der Waals surface area contributed by atoms with Crippen molar-refractivity contribution in [3.8, 4) is 0 Å². The van der Waals surface area contributed by atoms with E-state index >= 15 is 0 Å². The number of aryl methyl sites for hydroxylation is 1. The molecule has 1 nitrogen and oxygen atoms in total. The minimum atomic E-state index is -2.54. The summed E-state index contributed by atoms with van der Waals surface area (Å²) in [7, 11) is 0. The third-order valence-electron chi connectivity index (χ3n) is 5.31. The molecule has 0 N–H and O–H groups in total. The highest BCUT2D eigenvalue weighted by Crippen LogP contribution is 2.43. The molecule has 1 aliphatic carbocycles. The van der Waals surface area contributed by atoms with Gasteiger partial charge in [0.2, 0.25) is 5.92 Å². The molecule has 0 aliphatic heterocycles. The molecule has 0 amide bonds. The lowest BCUT2D eigenvalue weighted by Gasteiger charge is -2.28. The van der Waals surface area contributed by atoms with Crippen molar-refractivity contribution < 1.29 is 17.6 Å². The first-order valence-electron chi connectivity index (χ1n) is 9.05. The molecule has 0 spiro atoms. The van der Waals surface area contributed by atoms with Gasteiger partial charge in [-0.1, -0.05) is 18.2 Å². The first-order chi connectivity index (χ1) is 12.4. The van der Waals surface area contributed by atoms with Gasteiger partial charge in [0.1, 0.15) is 17.2 Å². The molecule has 1 aliphatic rings. The smallest absolute Gasteiger partial charge is 0.248 e. The van der Waals surface area contributed by atoms with Crippen LogP contribution in [-0.2, 0) is 6.42 Å². The highest BCUT2D eigenvalue weighted by molar-refractivity contribution is 5.82. The monoisotopic (exact) mass is 358 g/mol. The molecule has 0 bridgehead atoms. The highest BCUT2D eigenvalue weighted by Gasteiger charge is 2.36. The van der Waals surface area contributed by atoms with Crippen molar-refractivity contribution >= 4 is 11.0 Å². The third-order valence-corrected chi connectivity index (χ3v) is 5.31. The molecule has 1 aromatic heterocycles. The van der Waals surface area contributed by atoms with E-state index < -0.39 is 5.92 Å². The summed E-state index contributed by atoms with van der Waals surface area (Å²) in [6.07, 6.45) is 1.49. The summed E-state index contributed by atoms with van der Waals surface area (Å²) >= 11 is 0. The Hall–Kier alpha value is -2.23. The summed E-state index contributed by atoms with van der Waals surface area (Å²) in [4.78, 5) is 0. The van der Waals surface area contributed by atoms with Gasteiger partial charge in [0, 0.05) is 18.2 Å². The number of furan rings is 1. The van der Waals surface area contributed by atoms with Crippen LogP contribution in [0.3, 0.4) is 0 Å². The number of fused-ring (bicyclic) bond motifs is 1. The quantitative estimate of drug-likeness (QED) is 0.504. The molecule has 1 heterocycles. The van der Waals surface area contributed by atoms with Gasteiger partial charge in [0.05, 0.1) is 0 Å². The average molecular weight is 358 g/mol. The van der Waals surface area contributed by atoms with Gasteiger partial charge in [-0.3, -0.25) is 0 Å². The minimum Gasteiger partial charge on any atom is -0.461 e. The van der Waals surface area contributed by atoms with E-state index in [9.17, 15) is 13.2 Å². The van der Waals surface area contributed by atoms with Crippen LogP contribution in [0.1, 0.15) is 54.1 Å². The van der Waals surface area contributed by atoms with Crippen molar-refractivity contribution in [2.75, 3.05) is 0 Å². The molecule has 1 fully saturated rings. The Kier molecular flexibility index (Phi) is 4.29. The minimum absolute atomic E-state index is 0.0684. The van der Waals surface area contributed by atoms with Crippen LogP contribution in [0.5, 0.6) is 0 Å². The molecule has 4 rings (SSSR count). The van der Waals surface area contributed by atoms with E-state index in [4.69, 9.17) is 4.42 Å². The molecule has 4 heteroatoms. The summed E-state index contributed by atoms with van der Waals surface area (Å²) < 4.78 is 46.1. The Morgan fingerprint density at radius 3 is 2.38 bits per heavy atom. The van der Waals surface area contributed by atoms with E-state index in [1.54, 1.807) is 12.1 Å². The van der Waals surface area contributed by atoms with E-state index in [-0.39, 0.29) is 24.6 Å². The number of hydrogen-bond acceptors (Lipinski definition) is 1. The number of halogens is 3. The predicted octanol–water partition coefficient (Wildman–Crippen LogP) is 6.76. The van der Waals surface area contributed by atoms with E-state index in [1.807, 2.05) is 13.0 Å². The van der Waals surface area contributed by atoms with Gasteiger partial charge in [-0.2, -0.15) is 0 Å². The van der Waals surface area contributed by atoms with Gasteiger partial charge in [-0.25, -0.2) is 13.2 Å². The fourth-order valence-electron chi connectivity index (χ4n) is 3.97. The molecule has 3 aromatic rings. The lowest BCUT2D eigenvalue weighted by Crippen LogP contribution is -2.23. The third kappa shape index (κ3) is 3.50. The normalized spacial score (nSPS) is 17.7. The Balaban J connectivity index is 1.70. The zero-order valence-electron chi connectivity index (χ0n) is 14.7. The Morgan fingerprint density at radius 1 is 1.00 bits per heavy atom. The van der Waals surface area contributed by atoms with Crippen molar-refractivity contribution in [1.82, 2.24) is 0 Å². The van der Waals surface area contributed by atoms with Crippen LogP contribution >= 0.6 is 0 Å². The van der Waals surface area contributed by atoms with Gasteiger partial charge in [-0.15, -0.1) is 0 Å². The van der Waals surface area contributed by atoms with Crippen LogP contribution in [0.2, 0.25) is 0 Å². The van der Waals surface area contributed by atoms with Crippen molar-refractivity contribution in [3.63, 3.8) is 0 Å². The molecule has 0 saturated heterocycles. The fraction of sp³-hybridized carbons (Fsp3) is 0.364. The Labute approximate surface area is 150 Å². The molecule has 136 valence electrons. The van der Waals surface area contributed by atoms with Crippen molar-refractivity contribution in [2.24, 2.45) is 0 Å². The second kappa shape index (κ2) is 6.49. The number of rotatable bonds is 3. The van der Waals surface area contributed by atoms with Crippen LogP contribution < -0.4 is 0 Å². The van der Waals surface area contributed by atoms with Crippen molar-refractivity contribution in [3.05, 3.63) is 70.7 Å². The maximum atomic E-state index is 13.6. The van der Waals surface area contributed by atoms with Gasteiger partial charge in [0.15, 0.2) is 0 Å². The molecule has 0 unspecified atom stereocenters. The molecule has 0 atom stereocenters. The zero-order valence-corrected chi connectivity index (χ0v) is 14.7. The van der Waals surface area contributed by atoms with Gasteiger partial charge >= 0.3 is 0 Å². The second-order valence-corrected chi connectivity index (χ2v) is 7.39. The van der Waals surface area contributed by atoms with Gasteiger partial charge in [-0.05, 0) is 73.1 Å². The molecule has 2 aromatic carbocycles. The fourth-order valence-corrected chi connectivity index (χ4v) is 3.97. The summed E-state index contributed by atoms with van der Waals surface area (Å²) in [6.45, 7) is 1.90. The second-order valence-electron chi connectivity index (χ2n) is 7.39. The van der Waals surface area contributed by atoms with Crippen LogP contribution in [0.25, 0.3) is 11.0 Å². The lowest BCUT2D eigenvalue weighted by molar-refractivity contribution is -0.0381. The number of benzene rings is 2. The molecule has 0 radical (unpaired) electrons. The molecular formula is C22H21F3O. The predicted molar refractivity (Wildman–Crippen MR) is 96.3 cm³/mol. The molecule has 1 saturated carbocycles. The van der Waals surface area contributed by atoms with Crippen molar-refractivity contribution in [2.45, 2.75) is 50.9 Å². The maximum Gasteiger partial charge on any atom is 0.248 e. The maximum absolute atomic E-state index is 13.6. The average Bonchev–Trinajstić information content (AvgIpc) is 2.96. The zero-order chi connectivity index (χ0) is 18.3. The summed E-state index contributed by atoms with van der Waals surface area (Å²) in [5.41, 5.74) is 3.97. The topological polar surface area (TPSA) is 13.1 Å². The van der Waals surface area contributed by atoms with Gasteiger partial charge in [0.25, 0.3) is 0 Å². The summed E-state index contributed by atoms with van der Waals surface area (Å²) in [5, 5.41) is 1.01. The first-order valence-corrected chi connectivity index (χ1v) is 9.05. The van der Waals surface area contributed by atoms with E-state index in [2.05, 4.69) is 12.1 Å². The van der Waals surface area contributed by atoms with Crippen LogP contribution in [0, 0.1) is 12.7 Å². The van der Waals surface area contributed by atoms with Gasteiger partial charge < -0.3 is 4.42 Å². The lowest BCUT2D eigenvalue weighted by atomic mass is 9.81. The number of hydrogen-bond donors (Lipinski definition) is 0. The molecule has 26 heavy (non-hydrogen) atoms. The largest absolute Gasteiger partial charge is 0.461 e. The van der Waals surface area contributed by atoms with Crippen molar-refractivity contribution in [1.29, 1.82) is 0 Å². The Bertz CT molecular complexity index is 914. The highest BCUT2D eigenvalue weighted by atomic mass is 19.3. The van der Waals surface area contributed by atoms with Crippen LogP contribution in [-0.4, -0.2) is 5.92 Å². The van der Waals surface area contributed by atoms with E-state index in [1.165, 1.54) is 12.1 Å². The standard InChI is InChI=1S/C22H21F3O/c1-14-10-18-12-16(11-15-2-4-19(23)5-3-15)13-20(21(18)26-14)17-6-8-22(24,25)9-7-17/h2-5,10,12-13,17H,6-9,11H2,1H3. The summed E-state index contributed by atoms with van der Waals surface area (Å²) in [5.74, 6) is -1.88. The van der Waals surface area contributed by atoms with Crippen LogP contribution in [0.4, 0.5) is 13.2 Å². The first kappa shape index (κ1) is 17.2. The summed E-state index contributed by atoms with van der Waals surface area (Å²) in [6, 6.07) is 12.6. The molecular weight excluding hydrogens is 337 g/mol. The number of alkyl halides is 2.